The Bertz CT molecular complexity index is 437. The van der Waals surface area contributed by atoms with Crippen LogP contribution in [0.2, 0.25) is 0 Å². The van der Waals surface area contributed by atoms with E-state index in [-0.39, 0.29) is 5.54 Å². The van der Waals surface area contributed by atoms with Gasteiger partial charge in [0.15, 0.2) is 0 Å². The SMILES string of the molecule is CC(C)(C)NCC(COCC1CC1)Cc1cccc(Br)c1. The van der Waals surface area contributed by atoms with Crippen LogP contribution in [0.25, 0.3) is 0 Å². The molecule has 1 atom stereocenters. The van der Waals surface area contributed by atoms with Gasteiger partial charge >= 0.3 is 0 Å². The summed E-state index contributed by atoms with van der Waals surface area (Å²) >= 11 is 3.56. The van der Waals surface area contributed by atoms with Crippen LogP contribution in [0.5, 0.6) is 0 Å². The van der Waals surface area contributed by atoms with Crippen LogP contribution in [-0.2, 0) is 11.2 Å². The molecule has 1 fully saturated rings. The highest BCUT2D eigenvalue weighted by atomic mass is 79.9. The van der Waals surface area contributed by atoms with E-state index in [1.165, 1.54) is 18.4 Å². The summed E-state index contributed by atoms with van der Waals surface area (Å²) in [4.78, 5) is 0. The third-order valence-electron chi connectivity index (χ3n) is 3.74. The van der Waals surface area contributed by atoms with Gasteiger partial charge in [-0.2, -0.15) is 0 Å². The fraction of sp³-hybridized carbons (Fsp3) is 0.667. The molecule has 0 bridgehead atoms. The van der Waals surface area contributed by atoms with Gasteiger partial charge in [0.1, 0.15) is 0 Å². The highest BCUT2D eigenvalue weighted by Crippen LogP contribution is 2.29. The molecule has 1 N–H and O–H groups in total. The second-order valence-electron chi connectivity index (χ2n) is 7.31. The highest BCUT2D eigenvalue weighted by Gasteiger charge is 2.22. The predicted octanol–water partition coefficient (Wildman–Crippen LogP) is 4.42. The van der Waals surface area contributed by atoms with Crippen molar-refractivity contribution in [2.75, 3.05) is 19.8 Å². The van der Waals surface area contributed by atoms with Crippen LogP contribution in [0.1, 0.15) is 39.2 Å². The van der Waals surface area contributed by atoms with E-state index in [9.17, 15) is 0 Å². The Hall–Kier alpha value is -0.380. The Morgan fingerprint density at radius 1 is 1.33 bits per heavy atom. The van der Waals surface area contributed by atoms with Crippen molar-refractivity contribution in [1.29, 1.82) is 0 Å². The Balaban J connectivity index is 1.86. The molecule has 1 saturated carbocycles. The zero-order chi connectivity index (χ0) is 15.3. The molecule has 21 heavy (non-hydrogen) atoms. The quantitative estimate of drug-likeness (QED) is 0.746. The van der Waals surface area contributed by atoms with Crippen molar-refractivity contribution in [2.45, 2.75) is 45.6 Å². The monoisotopic (exact) mass is 353 g/mol. The molecule has 0 saturated heterocycles. The summed E-state index contributed by atoms with van der Waals surface area (Å²) < 4.78 is 7.09. The standard InChI is InChI=1S/C18H28BrNO/c1-18(2,3)20-11-16(13-21-12-14-7-8-14)9-15-5-4-6-17(19)10-15/h4-6,10,14,16,20H,7-9,11-13H2,1-3H3. The van der Waals surface area contributed by atoms with Gasteiger partial charge in [-0.3, -0.25) is 0 Å². The maximum atomic E-state index is 5.94. The third-order valence-corrected chi connectivity index (χ3v) is 4.23. The molecule has 1 unspecified atom stereocenters. The highest BCUT2D eigenvalue weighted by molar-refractivity contribution is 9.10. The van der Waals surface area contributed by atoms with Crippen LogP contribution in [0.4, 0.5) is 0 Å². The molecule has 1 aromatic rings. The average Bonchev–Trinajstić information content (AvgIpc) is 3.19. The summed E-state index contributed by atoms with van der Waals surface area (Å²) in [5.41, 5.74) is 1.53. The van der Waals surface area contributed by atoms with E-state index in [0.717, 1.165) is 36.6 Å². The van der Waals surface area contributed by atoms with Crippen LogP contribution in [-0.4, -0.2) is 25.3 Å². The molecule has 118 valence electrons. The first-order valence-electron chi connectivity index (χ1n) is 7.99. The zero-order valence-electron chi connectivity index (χ0n) is 13.5. The first-order valence-corrected chi connectivity index (χ1v) is 8.79. The van der Waals surface area contributed by atoms with Gasteiger partial charge in [0.25, 0.3) is 0 Å². The third kappa shape index (κ3) is 7.44. The summed E-state index contributed by atoms with van der Waals surface area (Å²) in [6.07, 6.45) is 3.78. The molecule has 0 radical (unpaired) electrons. The van der Waals surface area contributed by atoms with Crippen molar-refractivity contribution >= 4 is 15.9 Å². The van der Waals surface area contributed by atoms with Crippen LogP contribution in [0.3, 0.4) is 0 Å². The molecule has 0 heterocycles. The second kappa shape index (κ2) is 7.75. The van der Waals surface area contributed by atoms with Gasteiger partial charge in [0, 0.05) is 23.2 Å². The smallest absolute Gasteiger partial charge is 0.0509 e. The van der Waals surface area contributed by atoms with Crippen molar-refractivity contribution < 1.29 is 4.74 Å². The van der Waals surface area contributed by atoms with E-state index < -0.39 is 0 Å². The molecular formula is C18H28BrNO. The van der Waals surface area contributed by atoms with Gasteiger partial charge in [-0.25, -0.2) is 0 Å². The van der Waals surface area contributed by atoms with Crippen LogP contribution in [0.15, 0.2) is 28.7 Å². The predicted molar refractivity (Wildman–Crippen MR) is 92.6 cm³/mol. The number of halogens is 1. The second-order valence-corrected chi connectivity index (χ2v) is 8.23. The molecule has 1 aliphatic carbocycles. The summed E-state index contributed by atoms with van der Waals surface area (Å²) in [5.74, 6) is 1.37. The van der Waals surface area contributed by atoms with Crippen molar-refractivity contribution in [3.63, 3.8) is 0 Å². The normalized spacial score (nSPS) is 17.0. The average molecular weight is 354 g/mol. The molecule has 0 aliphatic heterocycles. The molecule has 2 rings (SSSR count). The minimum atomic E-state index is 0.159. The number of rotatable bonds is 8. The van der Waals surface area contributed by atoms with E-state index in [2.05, 4.69) is 66.3 Å². The number of hydrogen-bond acceptors (Lipinski definition) is 2. The summed E-state index contributed by atoms with van der Waals surface area (Å²) in [5, 5.41) is 3.62. The molecule has 0 aromatic heterocycles. The molecule has 0 spiro atoms. The lowest BCUT2D eigenvalue weighted by Gasteiger charge is -2.25. The van der Waals surface area contributed by atoms with E-state index in [1.807, 2.05) is 0 Å². The van der Waals surface area contributed by atoms with Crippen LogP contribution >= 0.6 is 15.9 Å². The molecule has 1 aromatic carbocycles. The maximum absolute atomic E-state index is 5.94. The van der Waals surface area contributed by atoms with E-state index in [1.54, 1.807) is 0 Å². The Labute approximate surface area is 137 Å². The van der Waals surface area contributed by atoms with E-state index in [4.69, 9.17) is 4.74 Å². The van der Waals surface area contributed by atoms with Crippen molar-refractivity contribution in [1.82, 2.24) is 5.32 Å². The largest absolute Gasteiger partial charge is 0.381 e. The minimum Gasteiger partial charge on any atom is -0.381 e. The summed E-state index contributed by atoms with van der Waals surface area (Å²) in [6.45, 7) is 9.45. The zero-order valence-corrected chi connectivity index (χ0v) is 15.1. The van der Waals surface area contributed by atoms with Gasteiger partial charge in [-0.1, -0.05) is 28.1 Å². The van der Waals surface area contributed by atoms with Crippen molar-refractivity contribution in [2.24, 2.45) is 11.8 Å². The Morgan fingerprint density at radius 2 is 2.10 bits per heavy atom. The molecular weight excluding hydrogens is 326 g/mol. The first kappa shape index (κ1) is 17.0. The number of ether oxygens (including phenoxy) is 1. The fourth-order valence-electron chi connectivity index (χ4n) is 2.32. The van der Waals surface area contributed by atoms with Gasteiger partial charge in [-0.15, -0.1) is 0 Å². The topological polar surface area (TPSA) is 21.3 Å². The first-order chi connectivity index (χ1) is 9.92. The van der Waals surface area contributed by atoms with E-state index >= 15 is 0 Å². The maximum Gasteiger partial charge on any atom is 0.0509 e. The van der Waals surface area contributed by atoms with Gasteiger partial charge in [-0.05, 0) is 69.6 Å². The summed E-state index contributed by atoms with van der Waals surface area (Å²) in [6, 6.07) is 8.61. The molecule has 3 heteroatoms. The van der Waals surface area contributed by atoms with Gasteiger partial charge in [0.05, 0.1) is 6.61 Å². The van der Waals surface area contributed by atoms with Gasteiger partial charge in [0.2, 0.25) is 0 Å². The molecule has 2 nitrogen and oxygen atoms in total. The Morgan fingerprint density at radius 3 is 2.71 bits per heavy atom. The molecule has 1 aliphatic rings. The molecule has 0 amide bonds. The number of hydrogen-bond donors (Lipinski definition) is 1. The lowest BCUT2D eigenvalue weighted by molar-refractivity contribution is 0.0885. The Kier molecular flexibility index (Phi) is 6.27. The minimum absolute atomic E-state index is 0.159. The van der Waals surface area contributed by atoms with Crippen LogP contribution in [0, 0.1) is 11.8 Å². The number of nitrogens with one attached hydrogen (secondary N) is 1. The lowest BCUT2D eigenvalue weighted by Crippen LogP contribution is -2.40. The fourth-order valence-corrected chi connectivity index (χ4v) is 2.77. The summed E-state index contributed by atoms with van der Waals surface area (Å²) in [7, 11) is 0. The van der Waals surface area contributed by atoms with Crippen molar-refractivity contribution in [3.8, 4) is 0 Å². The lowest BCUT2D eigenvalue weighted by atomic mass is 9.98. The van der Waals surface area contributed by atoms with E-state index in [0.29, 0.717) is 5.92 Å². The van der Waals surface area contributed by atoms with Crippen molar-refractivity contribution in [3.05, 3.63) is 34.3 Å². The van der Waals surface area contributed by atoms with Crippen LogP contribution < -0.4 is 5.32 Å². The van der Waals surface area contributed by atoms with Gasteiger partial charge < -0.3 is 10.1 Å². The number of benzene rings is 1.